The van der Waals surface area contributed by atoms with E-state index in [1.807, 2.05) is 11.8 Å². The minimum absolute atomic E-state index is 0.359. The summed E-state index contributed by atoms with van der Waals surface area (Å²) in [6.07, 6.45) is 5.07. The Morgan fingerprint density at radius 2 is 2.44 bits per heavy atom. The molecule has 1 N–H and O–H groups in total. The van der Waals surface area contributed by atoms with E-state index >= 15 is 0 Å². The third kappa shape index (κ3) is 2.36. The van der Waals surface area contributed by atoms with E-state index in [0.29, 0.717) is 6.54 Å². The highest BCUT2D eigenvalue weighted by Gasteiger charge is 2.30. The summed E-state index contributed by atoms with van der Waals surface area (Å²) in [5, 5.41) is 9.04. The number of likely N-dealkylation sites (tertiary alicyclic amines) is 1. The van der Waals surface area contributed by atoms with E-state index in [0.717, 1.165) is 30.8 Å². The van der Waals surface area contributed by atoms with Gasteiger partial charge in [-0.1, -0.05) is 0 Å². The second-order valence-electron chi connectivity index (χ2n) is 4.12. The molecular formula is C11H15N3O2. The van der Waals surface area contributed by atoms with Crippen LogP contribution in [0.2, 0.25) is 0 Å². The number of carboxylic acid groups (broad SMARTS) is 1. The number of rotatable bonds is 3. The minimum Gasteiger partial charge on any atom is -0.480 e. The van der Waals surface area contributed by atoms with Crippen molar-refractivity contribution in [3.8, 4) is 0 Å². The van der Waals surface area contributed by atoms with Gasteiger partial charge in [0.1, 0.15) is 6.04 Å². The van der Waals surface area contributed by atoms with E-state index < -0.39 is 5.97 Å². The summed E-state index contributed by atoms with van der Waals surface area (Å²) in [5.41, 5.74) is 1.71. The lowest BCUT2D eigenvalue weighted by molar-refractivity contribution is -0.142. The van der Waals surface area contributed by atoms with E-state index in [2.05, 4.69) is 9.97 Å². The summed E-state index contributed by atoms with van der Waals surface area (Å²) in [4.78, 5) is 21.3. The first-order valence-electron chi connectivity index (χ1n) is 5.41. The fraction of sp³-hybridized carbons (Fsp3) is 0.545. The van der Waals surface area contributed by atoms with Crippen LogP contribution in [0.25, 0.3) is 0 Å². The molecule has 1 atom stereocenters. The maximum Gasteiger partial charge on any atom is 0.320 e. The Kier molecular flexibility index (Phi) is 3.14. The average Bonchev–Trinajstić information content (AvgIpc) is 2.66. The number of carboxylic acids is 1. The topological polar surface area (TPSA) is 66.3 Å². The maximum atomic E-state index is 11.0. The van der Waals surface area contributed by atoms with Gasteiger partial charge in [0, 0.05) is 18.9 Å². The zero-order valence-electron chi connectivity index (χ0n) is 9.26. The number of carbonyl (C=O) groups is 1. The van der Waals surface area contributed by atoms with Gasteiger partial charge in [0.05, 0.1) is 11.4 Å². The molecule has 2 heterocycles. The zero-order chi connectivity index (χ0) is 11.5. The Labute approximate surface area is 94.1 Å². The molecule has 1 aliphatic rings. The largest absolute Gasteiger partial charge is 0.480 e. The summed E-state index contributed by atoms with van der Waals surface area (Å²) in [6, 6.07) is -0.359. The second-order valence-corrected chi connectivity index (χ2v) is 4.12. The van der Waals surface area contributed by atoms with Crippen molar-refractivity contribution in [2.75, 3.05) is 6.54 Å². The number of hydrogen-bond donors (Lipinski definition) is 1. The summed E-state index contributed by atoms with van der Waals surface area (Å²) < 4.78 is 0. The van der Waals surface area contributed by atoms with Gasteiger partial charge < -0.3 is 5.11 Å². The van der Waals surface area contributed by atoms with Crippen molar-refractivity contribution < 1.29 is 9.90 Å². The quantitative estimate of drug-likeness (QED) is 0.819. The lowest BCUT2D eigenvalue weighted by Gasteiger charge is -2.20. The van der Waals surface area contributed by atoms with E-state index in [1.165, 1.54) is 0 Å². The SMILES string of the molecule is Cc1cncc(CN2CCCC2C(=O)O)n1. The van der Waals surface area contributed by atoms with Crippen LogP contribution < -0.4 is 0 Å². The van der Waals surface area contributed by atoms with E-state index in [-0.39, 0.29) is 6.04 Å². The molecule has 1 unspecified atom stereocenters. The van der Waals surface area contributed by atoms with Gasteiger partial charge in [-0.2, -0.15) is 0 Å². The zero-order valence-corrected chi connectivity index (χ0v) is 9.26. The molecule has 0 aromatic carbocycles. The van der Waals surface area contributed by atoms with Gasteiger partial charge in [-0.15, -0.1) is 0 Å². The molecule has 0 bridgehead atoms. The van der Waals surface area contributed by atoms with Crippen molar-refractivity contribution in [3.05, 3.63) is 23.8 Å². The monoisotopic (exact) mass is 221 g/mol. The Bertz CT molecular complexity index is 395. The van der Waals surface area contributed by atoms with Crippen molar-refractivity contribution in [3.63, 3.8) is 0 Å². The third-order valence-electron chi connectivity index (χ3n) is 2.82. The standard InChI is InChI=1S/C11H15N3O2/c1-8-5-12-6-9(13-8)7-14-4-2-3-10(14)11(15)16/h5-6,10H,2-4,7H2,1H3,(H,15,16). The molecule has 0 radical (unpaired) electrons. The predicted octanol–water partition coefficient (Wildman–Crippen LogP) is 0.834. The predicted molar refractivity (Wildman–Crippen MR) is 57.8 cm³/mol. The molecule has 2 rings (SSSR count). The number of aryl methyl sites for hydroxylation is 1. The lowest BCUT2D eigenvalue weighted by Crippen LogP contribution is -2.35. The summed E-state index contributed by atoms with van der Waals surface area (Å²) in [6.45, 7) is 3.29. The molecule has 1 saturated heterocycles. The Balaban J connectivity index is 2.06. The van der Waals surface area contributed by atoms with Gasteiger partial charge in [-0.25, -0.2) is 0 Å². The van der Waals surface area contributed by atoms with Crippen molar-refractivity contribution in [1.29, 1.82) is 0 Å². The van der Waals surface area contributed by atoms with Gasteiger partial charge in [0.2, 0.25) is 0 Å². The van der Waals surface area contributed by atoms with Gasteiger partial charge in [-0.05, 0) is 26.3 Å². The highest BCUT2D eigenvalue weighted by atomic mass is 16.4. The van der Waals surface area contributed by atoms with Crippen LogP contribution in [0, 0.1) is 6.92 Å². The number of aromatic nitrogens is 2. The van der Waals surface area contributed by atoms with Crippen LogP contribution >= 0.6 is 0 Å². The molecule has 0 spiro atoms. The fourth-order valence-electron chi connectivity index (χ4n) is 2.09. The molecule has 16 heavy (non-hydrogen) atoms. The van der Waals surface area contributed by atoms with Crippen LogP contribution in [0.3, 0.4) is 0 Å². The van der Waals surface area contributed by atoms with Crippen LogP contribution in [0.5, 0.6) is 0 Å². The van der Waals surface area contributed by atoms with E-state index in [4.69, 9.17) is 5.11 Å². The Hall–Kier alpha value is -1.49. The highest BCUT2D eigenvalue weighted by Crippen LogP contribution is 2.19. The molecule has 1 aromatic heterocycles. The number of nitrogens with zero attached hydrogens (tertiary/aromatic N) is 3. The maximum absolute atomic E-state index is 11.0. The van der Waals surface area contributed by atoms with Crippen molar-refractivity contribution >= 4 is 5.97 Å². The molecule has 86 valence electrons. The fourth-order valence-corrected chi connectivity index (χ4v) is 2.09. The van der Waals surface area contributed by atoms with Gasteiger partial charge in [0.15, 0.2) is 0 Å². The van der Waals surface area contributed by atoms with Crippen LogP contribution in [-0.4, -0.2) is 38.5 Å². The smallest absolute Gasteiger partial charge is 0.320 e. The van der Waals surface area contributed by atoms with Crippen molar-refractivity contribution in [2.45, 2.75) is 32.4 Å². The van der Waals surface area contributed by atoms with E-state index in [1.54, 1.807) is 12.4 Å². The third-order valence-corrected chi connectivity index (χ3v) is 2.82. The molecule has 0 amide bonds. The van der Waals surface area contributed by atoms with Crippen LogP contribution in [-0.2, 0) is 11.3 Å². The number of hydrogen-bond acceptors (Lipinski definition) is 4. The summed E-state index contributed by atoms with van der Waals surface area (Å²) in [5.74, 6) is -0.738. The van der Waals surface area contributed by atoms with Crippen LogP contribution in [0.15, 0.2) is 12.4 Å². The van der Waals surface area contributed by atoms with E-state index in [9.17, 15) is 4.79 Å². The molecule has 1 aromatic rings. The normalized spacial score (nSPS) is 21.2. The van der Waals surface area contributed by atoms with Crippen LogP contribution in [0.1, 0.15) is 24.2 Å². The minimum atomic E-state index is -0.738. The molecular weight excluding hydrogens is 206 g/mol. The lowest BCUT2D eigenvalue weighted by atomic mass is 10.2. The molecule has 5 nitrogen and oxygen atoms in total. The molecule has 1 aliphatic heterocycles. The summed E-state index contributed by atoms with van der Waals surface area (Å²) >= 11 is 0. The molecule has 0 saturated carbocycles. The number of aliphatic carboxylic acids is 1. The summed E-state index contributed by atoms with van der Waals surface area (Å²) in [7, 11) is 0. The first-order chi connectivity index (χ1) is 7.66. The van der Waals surface area contributed by atoms with Gasteiger partial charge >= 0.3 is 5.97 Å². The van der Waals surface area contributed by atoms with Gasteiger partial charge in [0.25, 0.3) is 0 Å². The Morgan fingerprint density at radius 1 is 1.62 bits per heavy atom. The molecule has 5 heteroatoms. The first kappa shape index (κ1) is 11.0. The van der Waals surface area contributed by atoms with Crippen LogP contribution in [0.4, 0.5) is 0 Å². The van der Waals surface area contributed by atoms with Gasteiger partial charge in [-0.3, -0.25) is 19.7 Å². The van der Waals surface area contributed by atoms with Crippen molar-refractivity contribution in [1.82, 2.24) is 14.9 Å². The highest BCUT2D eigenvalue weighted by molar-refractivity contribution is 5.73. The van der Waals surface area contributed by atoms with Crippen molar-refractivity contribution in [2.24, 2.45) is 0 Å². The second kappa shape index (κ2) is 4.57. The molecule has 0 aliphatic carbocycles. The molecule has 1 fully saturated rings. The average molecular weight is 221 g/mol. The first-order valence-corrected chi connectivity index (χ1v) is 5.41. The Morgan fingerprint density at radius 3 is 3.12 bits per heavy atom.